The molecule has 1 aliphatic carbocycles. The number of carbonyl (C=O) groups excluding carboxylic acids is 3. The molecule has 0 fully saturated rings. The van der Waals surface area contributed by atoms with E-state index in [0.717, 1.165) is 11.3 Å². The first kappa shape index (κ1) is 27.8. The highest BCUT2D eigenvalue weighted by Gasteiger charge is 2.17. The monoisotopic (exact) mass is 561 g/mol. The van der Waals surface area contributed by atoms with Gasteiger partial charge in [0.05, 0.1) is 17.6 Å². The lowest BCUT2D eigenvalue weighted by Crippen LogP contribution is -2.33. The van der Waals surface area contributed by atoms with Crippen LogP contribution in [0, 0.1) is 13.8 Å². The molecule has 0 unspecified atom stereocenters. The summed E-state index contributed by atoms with van der Waals surface area (Å²) in [5.41, 5.74) is 10.1. The van der Waals surface area contributed by atoms with E-state index in [9.17, 15) is 14.4 Å². The summed E-state index contributed by atoms with van der Waals surface area (Å²) in [6.45, 7) is 4.15. The Morgan fingerprint density at radius 1 is 0.905 bits per heavy atom. The number of hydrogen-bond acceptors (Lipinski definition) is 8. The minimum Gasteiger partial charge on any atom is -0.454 e. The molecule has 3 aromatic carbocycles. The van der Waals surface area contributed by atoms with Crippen molar-refractivity contribution in [1.29, 1.82) is 0 Å². The van der Waals surface area contributed by atoms with Gasteiger partial charge < -0.3 is 14.8 Å². The summed E-state index contributed by atoms with van der Waals surface area (Å²) in [5.74, 6) is -0.363. The van der Waals surface area contributed by atoms with Crippen LogP contribution in [0.5, 0.6) is 11.5 Å². The number of hydrazone groups is 2. The van der Waals surface area contributed by atoms with Crippen LogP contribution < -0.4 is 25.6 Å². The number of hydrogen-bond donors (Lipinski definition) is 3. The molecule has 1 heterocycles. The third-order valence-electron chi connectivity index (χ3n) is 6.42. The van der Waals surface area contributed by atoms with Gasteiger partial charge in [-0.25, -0.2) is 5.43 Å². The number of anilines is 1. The average molecular weight is 562 g/mol. The first-order valence-electron chi connectivity index (χ1n) is 13.0. The van der Waals surface area contributed by atoms with E-state index in [-0.39, 0.29) is 23.8 Å². The van der Waals surface area contributed by atoms with Gasteiger partial charge in [0.1, 0.15) is 5.70 Å². The molecule has 2 aliphatic rings. The van der Waals surface area contributed by atoms with E-state index in [1.165, 1.54) is 23.9 Å². The van der Waals surface area contributed by atoms with Gasteiger partial charge in [-0.15, -0.1) is 0 Å². The van der Waals surface area contributed by atoms with Gasteiger partial charge in [0.2, 0.25) is 6.79 Å². The van der Waals surface area contributed by atoms with Crippen LogP contribution in [0.15, 0.2) is 106 Å². The highest BCUT2D eigenvalue weighted by Crippen LogP contribution is 2.33. The fourth-order valence-electron chi connectivity index (χ4n) is 3.98. The third kappa shape index (κ3) is 6.86. The van der Waals surface area contributed by atoms with Crippen molar-refractivity contribution in [1.82, 2.24) is 10.7 Å². The van der Waals surface area contributed by atoms with Crippen LogP contribution in [0.2, 0.25) is 0 Å². The van der Waals surface area contributed by atoms with Crippen molar-refractivity contribution in [3.05, 3.63) is 118 Å². The zero-order valence-corrected chi connectivity index (χ0v) is 22.9. The maximum atomic E-state index is 13.1. The standard InChI is InChI=1S/C32H27N5O5/c1-20-8-10-25(14-21(20)2)35-36-26-11-12-28(38)24(17-26)18-33-37-32(40)27(34-31(39)23-6-4-3-5-7-23)15-22-9-13-29-30(16-22)42-19-41-29/h3-18,35H,19H2,1-2H3,(H,34,39)(H,37,40). The SMILES string of the molecule is Cc1ccc(NN=C2C=CC(=O)C(C=NNC(=O)C(=Cc3ccc4c(c3)OCO4)NC(=O)c3ccccc3)=C2)cc1C. The molecule has 42 heavy (non-hydrogen) atoms. The molecule has 10 heteroatoms. The molecule has 3 N–H and O–H groups in total. The summed E-state index contributed by atoms with van der Waals surface area (Å²) in [6.07, 6.45) is 7.22. The van der Waals surface area contributed by atoms with Crippen LogP contribution in [-0.4, -0.2) is 36.3 Å². The number of ether oxygens (including phenoxy) is 2. The molecule has 210 valence electrons. The van der Waals surface area contributed by atoms with Crippen LogP contribution in [0.3, 0.4) is 0 Å². The first-order valence-corrected chi connectivity index (χ1v) is 13.0. The Hall–Kier alpha value is -5.77. The molecule has 0 radical (unpaired) electrons. The van der Waals surface area contributed by atoms with Crippen molar-refractivity contribution in [3.8, 4) is 11.5 Å². The van der Waals surface area contributed by atoms with E-state index < -0.39 is 11.8 Å². The number of nitrogens with zero attached hydrogens (tertiary/aromatic N) is 2. The van der Waals surface area contributed by atoms with Gasteiger partial charge in [-0.05, 0) is 91.2 Å². The van der Waals surface area contributed by atoms with Gasteiger partial charge in [-0.1, -0.05) is 30.3 Å². The smallest absolute Gasteiger partial charge is 0.287 e. The molecule has 0 saturated heterocycles. The summed E-state index contributed by atoms with van der Waals surface area (Å²) in [6, 6.07) is 19.5. The summed E-state index contributed by atoms with van der Waals surface area (Å²) >= 11 is 0. The van der Waals surface area contributed by atoms with Crippen LogP contribution in [0.4, 0.5) is 5.69 Å². The van der Waals surface area contributed by atoms with Gasteiger partial charge in [-0.2, -0.15) is 10.2 Å². The number of nitrogens with one attached hydrogen (secondary N) is 3. The second-order valence-electron chi connectivity index (χ2n) is 9.43. The minimum absolute atomic E-state index is 0.0662. The molecule has 5 rings (SSSR count). The van der Waals surface area contributed by atoms with Gasteiger partial charge in [0.25, 0.3) is 11.8 Å². The van der Waals surface area contributed by atoms with E-state index in [4.69, 9.17) is 9.47 Å². The Bertz CT molecular complexity index is 1700. The molecule has 0 saturated carbocycles. The lowest BCUT2D eigenvalue weighted by molar-refractivity contribution is -0.117. The summed E-state index contributed by atoms with van der Waals surface area (Å²) < 4.78 is 10.8. The fourth-order valence-corrected chi connectivity index (χ4v) is 3.98. The summed E-state index contributed by atoms with van der Waals surface area (Å²) in [4.78, 5) is 38.4. The van der Waals surface area contributed by atoms with Gasteiger partial charge >= 0.3 is 0 Å². The molecule has 10 nitrogen and oxygen atoms in total. The number of benzene rings is 3. The predicted octanol–water partition coefficient (Wildman–Crippen LogP) is 4.44. The highest BCUT2D eigenvalue weighted by atomic mass is 16.7. The first-order chi connectivity index (χ1) is 20.4. The maximum Gasteiger partial charge on any atom is 0.287 e. The highest BCUT2D eigenvalue weighted by molar-refractivity contribution is 6.27. The number of amides is 2. The van der Waals surface area contributed by atoms with Gasteiger partial charge in [0, 0.05) is 11.1 Å². The molecule has 0 aromatic heterocycles. The summed E-state index contributed by atoms with van der Waals surface area (Å²) in [7, 11) is 0. The van der Waals surface area contributed by atoms with Crippen molar-refractivity contribution < 1.29 is 23.9 Å². The Labute approximate surface area is 242 Å². The Balaban J connectivity index is 1.31. The zero-order chi connectivity index (χ0) is 29.5. The third-order valence-corrected chi connectivity index (χ3v) is 6.42. The molecule has 2 amide bonds. The lowest BCUT2D eigenvalue weighted by atomic mass is 10.0. The number of allylic oxidation sites excluding steroid dienone is 4. The zero-order valence-electron chi connectivity index (χ0n) is 22.9. The van der Waals surface area contributed by atoms with E-state index in [1.807, 2.05) is 32.0 Å². The maximum absolute atomic E-state index is 13.1. The number of rotatable bonds is 8. The van der Waals surface area contributed by atoms with E-state index >= 15 is 0 Å². The molecule has 0 spiro atoms. The second kappa shape index (κ2) is 12.6. The Kier molecular flexibility index (Phi) is 8.34. The van der Waals surface area contributed by atoms with Crippen LogP contribution in [0.25, 0.3) is 6.08 Å². The molecular formula is C32H27N5O5. The Morgan fingerprint density at radius 3 is 2.52 bits per heavy atom. The molecule has 3 aromatic rings. The molecule has 1 aliphatic heterocycles. The predicted molar refractivity (Wildman–Crippen MR) is 160 cm³/mol. The minimum atomic E-state index is -0.696. The molecule has 0 atom stereocenters. The number of carbonyl (C=O) groups is 3. The van der Waals surface area contributed by atoms with Crippen molar-refractivity contribution in [2.45, 2.75) is 13.8 Å². The van der Waals surface area contributed by atoms with Crippen LogP contribution >= 0.6 is 0 Å². The van der Waals surface area contributed by atoms with Crippen molar-refractivity contribution in [2.24, 2.45) is 10.2 Å². The second-order valence-corrected chi connectivity index (χ2v) is 9.43. The van der Waals surface area contributed by atoms with E-state index in [0.29, 0.717) is 28.3 Å². The number of fused-ring (bicyclic) bond motifs is 1. The van der Waals surface area contributed by atoms with Gasteiger partial charge in [0.15, 0.2) is 17.3 Å². The Morgan fingerprint density at radius 2 is 1.71 bits per heavy atom. The van der Waals surface area contributed by atoms with Gasteiger partial charge in [-0.3, -0.25) is 19.8 Å². The fraction of sp³-hybridized carbons (Fsp3) is 0.0938. The lowest BCUT2D eigenvalue weighted by Gasteiger charge is -2.10. The average Bonchev–Trinajstić information content (AvgIpc) is 3.47. The number of aryl methyl sites for hydroxylation is 2. The quantitative estimate of drug-likeness (QED) is 0.161. The number of ketones is 1. The molecule has 0 bridgehead atoms. The normalized spacial score (nSPS) is 15.1. The summed E-state index contributed by atoms with van der Waals surface area (Å²) in [5, 5.41) is 10.9. The van der Waals surface area contributed by atoms with Crippen molar-refractivity contribution in [2.75, 3.05) is 12.2 Å². The molecular weight excluding hydrogens is 534 g/mol. The van der Waals surface area contributed by atoms with E-state index in [1.54, 1.807) is 60.7 Å². The van der Waals surface area contributed by atoms with E-state index in [2.05, 4.69) is 26.4 Å². The van der Waals surface area contributed by atoms with Crippen molar-refractivity contribution in [3.63, 3.8) is 0 Å². The largest absolute Gasteiger partial charge is 0.454 e. The van der Waals surface area contributed by atoms with Crippen molar-refractivity contribution >= 4 is 41.3 Å². The van der Waals surface area contributed by atoms with Crippen LogP contribution in [-0.2, 0) is 9.59 Å². The van der Waals surface area contributed by atoms with Crippen LogP contribution in [0.1, 0.15) is 27.0 Å². The topological polar surface area (TPSA) is 130 Å².